The number of rotatable bonds is 34. The molecule has 1 saturated carbocycles. The molecule has 2 unspecified atom stereocenters. The van der Waals surface area contributed by atoms with E-state index < -0.39 is 5.79 Å². The van der Waals surface area contributed by atoms with Crippen LogP contribution >= 0.6 is 0 Å². The molecule has 0 radical (unpaired) electrons. The second kappa shape index (κ2) is 31.0. The number of carbonyl (C=O) groups is 1. The van der Waals surface area contributed by atoms with Gasteiger partial charge in [-0.2, -0.15) is 0 Å². The first kappa shape index (κ1) is 45.7. The van der Waals surface area contributed by atoms with Crippen molar-refractivity contribution in [1.82, 2.24) is 4.90 Å². The second-order valence-corrected chi connectivity index (χ2v) is 16.1. The fraction of sp³-hybridized carbons (Fsp3) is 0.848. The van der Waals surface area contributed by atoms with Crippen molar-refractivity contribution in [2.24, 2.45) is 0 Å². The third-order valence-electron chi connectivity index (χ3n) is 10.7. The number of unbranched alkanes of at least 4 members (excludes halogenated alkanes) is 21. The van der Waals surface area contributed by atoms with E-state index in [9.17, 15) is 4.79 Å². The van der Waals surface area contributed by atoms with Gasteiger partial charge >= 0.3 is 5.97 Å². The Hall–Kier alpha value is -1.43. The molecule has 1 saturated heterocycles. The van der Waals surface area contributed by atoms with Crippen molar-refractivity contribution in [2.75, 3.05) is 20.6 Å². The van der Waals surface area contributed by atoms with Gasteiger partial charge in [0, 0.05) is 25.7 Å². The lowest BCUT2D eigenvalue weighted by Gasteiger charge is -2.30. The molecule has 5 nitrogen and oxygen atoms in total. The first-order valence-electron chi connectivity index (χ1n) is 22.1. The van der Waals surface area contributed by atoms with Gasteiger partial charge in [0.15, 0.2) is 5.79 Å². The van der Waals surface area contributed by atoms with Gasteiger partial charge in [-0.3, -0.25) is 9.69 Å². The molecule has 5 heteroatoms. The van der Waals surface area contributed by atoms with Crippen LogP contribution < -0.4 is 0 Å². The number of ether oxygens (including phenoxy) is 3. The average Bonchev–Trinajstić information content (AvgIpc) is 3.62. The smallest absolute Gasteiger partial charge is 0.320 e. The number of nitrogens with zero attached hydrogens (tertiary/aromatic N) is 1. The standard InChI is InChI=1S/C46H83NO4/c1-5-7-9-11-13-15-17-19-21-23-25-27-29-31-33-35-37-46(50-43-39-42(40-44(43)51-46)49-45(48)41-47(3)4)38-36-34-32-30-28-26-24-22-20-18-16-14-12-10-8-6-2/h13,15,19-22,42-44H,5-12,14,16-18,23-41H2,1-4H3/b15-13-,21-19-,22-20-. The lowest BCUT2D eigenvalue weighted by atomic mass is 9.98. The van der Waals surface area contributed by atoms with Crippen LogP contribution in [0.4, 0.5) is 0 Å². The molecular weight excluding hydrogens is 631 g/mol. The van der Waals surface area contributed by atoms with E-state index in [0.29, 0.717) is 6.54 Å². The highest BCUT2D eigenvalue weighted by atomic mass is 16.8. The predicted molar refractivity (Wildman–Crippen MR) is 218 cm³/mol. The molecule has 2 aliphatic rings. The summed E-state index contributed by atoms with van der Waals surface area (Å²) in [5.74, 6) is -0.592. The van der Waals surface area contributed by atoms with Crippen LogP contribution in [0.2, 0.25) is 0 Å². The molecule has 1 heterocycles. The van der Waals surface area contributed by atoms with E-state index in [-0.39, 0.29) is 24.3 Å². The Balaban J connectivity index is 1.62. The number of hydrogen-bond donors (Lipinski definition) is 0. The normalized spacial score (nSPS) is 22.0. The number of hydrogen-bond acceptors (Lipinski definition) is 5. The molecule has 0 amide bonds. The van der Waals surface area contributed by atoms with E-state index in [4.69, 9.17) is 14.2 Å². The van der Waals surface area contributed by atoms with Crippen LogP contribution in [0.15, 0.2) is 36.5 Å². The highest BCUT2D eigenvalue weighted by Gasteiger charge is 2.52. The maximum Gasteiger partial charge on any atom is 0.320 e. The monoisotopic (exact) mass is 714 g/mol. The third kappa shape index (κ3) is 23.8. The first-order valence-corrected chi connectivity index (χ1v) is 22.1. The van der Waals surface area contributed by atoms with E-state index >= 15 is 0 Å². The summed E-state index contributed by atoms with van der Waals surface area (Å²) in [6.07, 6.45) is 51.4. The maximum atomic E-state index is 12.3. The number of carbonyl (C=O) groups excluding carboxylic acids is 1. The summed E-state index contributed by atoms with van der Waals surface area (Å²) in [6.45, 7) is 4.87. The summed E-state index contributed by atoms with van der Waals surface area (Å²) in [4.78, 5) is 14.1. The predicted octanol–water partition coefficient (Wildman–Crippen LogP) is 13.4. The van der Waals surface area contributed by atoms with E-state index in [0.717, 1.165) is 38.5 Å². The Bertz CT molecular complexity index is 897. The van der Waals surface area contributed by atoms with Crippen LogP contribution in [0.25, 0.3) is 0 Å². The van der Waals surface area contributed by atoms with Crippen molar-refractivity contribution < 1.29 is 19.0 Å². The Morgan fingerprint density at radius 1 is 0.569 bits per heavy atom. The van der Waals surface area contributed by atoms with E-state index in [2.05, 4.69) is 50.3 Å². The SMILES string of the molecule is CCCCC/C=C\C/C=C\CCCCCCCCC1(CCCCCCCC/C=C\CCCCCCCC)OC2CC(OC(=O)CN(C)C)CC2O1. The van der Waals surface area contributed by atoms with Gasteiger partial charge < -0.3 is 14.2 Å². The number of allylic oxidation sites excluding steroid dienone is 6. The van der Waals surface area contributed by atoms with E-state index in [1.807, 2.05) is 19.0 Å². The van der Waals surface area contributed by atoms with Gasteiger partial charge in [0.2, 0.25) is 0 Å². The minimum Gasteiger partial charge on any atom is -0.461 e. The highest BCUT2D eigenvalue weighted by molar-refractivity contribution is 5.71. The second-order valence-electron chi connectivity index (χ2n) is 16.1. The van der Waals surface area contributed by atoms with Crippen molar-refractivity contribution in [3.05, 3.63) is 36.5 Å². The number of esters is 1. The van der Waals surface area contributed by atoms with Crippen LogP contribution in [0.1, 0.15) is 206 Å². The van der Waals surface area contributed by atoms with Crippen molar-refractivity contribution in [3.8, 4) is 0 Å². The average molecular weight is 714 g/mol. The van der Waals surface area contributed by atoms with Crippen molar-refractivity contribution >= 4 is 5.97 Å². The maximum absolute atomic E-state index is 12.3. The Morgan fingerprint density at radius 2 is 0.941 bits per heavy atom. The lowest BCUT2D eigenvalue weighted by Crippen LogP contribution is -2.33. The molecule has 0 spiro atoms. The topological polar surface area (TPSA) is 48.0 Å². The summed E-state index contributed by atoms with van der Waals surface area (Å²) in [5, 5.41) is 0. The molecular formula is C46H83NO4. The molecule has 0 aromatic heterocycles. The highest BCUT2D eigenvalue weighted by Crippen LogP contribution is 2.44. The number of likely N-dealkylation sites (N-methyl/N-ethyl adjacent to an activating group) is 1. The van der Waals surface area contributed by atoms with Crippen LogP contribution in [-0.4, -0.2) is 55.6 Å². The molecule has 0 aromatic carbocycles. The summed E-state index contributed by atoms with van der Waals surface area (Å²) in [5.41, 5.74) is 0. The van der Waals surface area contributed by atoms with E-state index in [1.54, 1.807) is 0 Å². The van der Waals surface area contributed by atoms with Gasteiger partial charge in [-0.05, 0) is 84.7 Å². The van der Waals surface area contributed by atoms with Crippen LogP contribution in [0, 0.1) is 0 Å². The van der Waals surface area contributed by atoms with Gasteiger partial charge in [-0.15, -0.1) is 0 Å². The zero-order chi connectivity index (χ0) is 36.7. The minimum atomic E-state index is -0.440. The minimum absolute atomic E-state index is 0.0564. The fourth-order valence-electron chi connectivity index (χ4n) is 7.71. The van der Waals surface area contributed by atoms with Gasteiger partial charge in [-0.25, -0.2) is 0 Å². The number of fused-ring (bicyclic) bond motifs is 1. The zero-order valence-corrected chi connectivity index (χ0v) is 34.2. The molecule has 0 N–H and O–H groups in total. The molecule has 2 rings (SSSR count). The van der Waals surface area contributed by atoms with Crippen molar-refractivity contribution in [3.63, 3.8) is 0 Å². The Morgan fingerprint density at radius 3 is 1.39 bits per heavy atom. The molecule has 2 fully saturated rings. The summed E-state index contributed by atoms with van der Waals surface area (Å²) in [6, 6.07) is 0. The molecule has 51 heavy (non-hydrogen) atoms. The fourth-order valence-corrected chi connectivity index (χ4v) is 7.71. The summed E-state index contributed by atoms with van der Waals surface area (Å²) < 4.78 is 19.3. The zero-order valence-electron chi connectivity index (χ0n) is 34.2. The first-order chi connectivity index (χ1) is 25.0. The van der Waals surface area contributed by atoms with Crippen LogP contribution in [0.5, 0.6) is 0 Å². The molecule has 296 valence electrons. The Kier molecular flexibility index (Phi) is 27.8. The molecule has 2 atom stereocenters. The third-order valence-corrected chi connectivity index (χ3v) is 10.7. The van der Waals surface area contributed by atoms with Crippen molar-refractivity contribution in [2.45, 2.75) is 231 Å². The summed E-state index contributed by atoms with van der Waals surface area (Å²) in [7, 11) is 3.80. The molecule has 0 bridgehead atoms. The molecule has 1 aliphatic heterocycles. The largest absolute Gasteiger partial charge is 0.461 e. The summed E-state index contributed by atoms with van der Waals surface area (Å²) >= 11 is 0. The van der Waals surface area contributed by atoms with Gasteiger partial charge in [0.1, 0.15) is 6.10 Å². The van der Waals surface area contributed by atoms with Crippen molar-refractivity contribution in [1.29, 1.82) is 0 Å². The van der Waals surface area contributed by atoms with Gasteiger partial charge in [-0.1, -0.05) is 147 Å². The quantitative estimate of drug-likeness (QED) is 0.0377. The lowest BCUT2D eigenvalue weighted by molar-refractivity contribution is -0.197. The Labute approximate surface area is 316 Å². The molecule has 0 aromatic rings. The molecule has 1 aliphatic carbocycles. The van der Waals surface area contributed by atoms with Crippen LogP contribution in [-0.2, 0) is 19.0 Å². The van der Waals surface area contributed by atoms with Crippen LogP contribution in [0.3, 0.4) is 0 Å². The van der Waals surface area contributed by atoms with Gasteiger partial charge in [0.05, 0.1) is 18.8 Å². The van der Waals surface area contributed by atoms with Gasteiger partial charge in [0.25, 0.3) is 0 Å². The van der Waals surface area contributed by atoms with E-state index in [1.165, 1.54) is 154 Å².